The number of ether oxygens (including phenoxy) is 1. The minimum Gasteiger partial charge on any atom is -0.379 e. The lowest BCUT2D eigenvalue weighted by atomic mass is 9.81. The van der Waals surface area contributed by atoms with E-state index in [-0.39, 0.29) is 11.0 Å². The molecule has 0 aliphatic carbocycles. The average molecular weight is 258 g/mol. The molecule has 0 radical (unpaired) electrons. The van der Waals surface area contributed by atoms with Crippen LogP contribution in [-0.2, 0) is 4.74 Å². The van der Waals surface area contributed by atoms with Crippen LogP contribution in [0.2, 0.25) is 0 Å². The molecule has 0 aliphatic heterocycles. The predicted molar refractivity (Wildman–Crippen MR) is 80.1 cm³/mol. The van der Waals surface area contributed by atoms with Crippen molar-refractivity contribution in [3.63, 3.8) is 0 Å². The van der Waals surface area contributed by atoms with E-state index in [1.165, 1.54) is 13.0 Å². The van der Waals surface area contributed by atoms with Gasteiger partial charge in [0.25, 0.3) is 0 Å². The second-order valence-corrected chi connectivity index (χ2v) is 6.68. The predicted octanol–water partition coefficient (Wildman–Crippen LogP) is 2.76. The normalized spacial score (nSPS) is 13.3. The molecule has 0 aromatic carbocycles. The van der Waals surface area contributed by atoms with Gasteiger partial charge in [-0.1, -0.05) is 20.8 Å². The van der Waals surface area contributed by atoms with Gasteiger partial charge < -0.3 is 15.0 Å². The Morgan fingerprint density at radius 1 is 1.11 bits per heavy atom. The second-order valence-electron chi connectivity index (χ2n) is 6.68. The minimum atomic E-state index is -0.0373. The van der Waals surface area contributed by atoms with Gasteiger partial charge >= 0.3 is 0 Å². The highest BCUT2D eigenvalue weighted by Crippen LogP contribution is 2.30. The summed E-state index contributed by atoms with van der Waals surface area (Å²) in [4.78, 5) is 2.56. The van der Waals surface area contributed by atoms with Crippen molar-refractivity contribution in [1.82, 2.24) is 10.2 Å². The molecule has 0 unspecified atom stereocenters. The number of likely N-dealkylation sites (N-methyl/N-ethyl adjacent to an activating group) is 1. The molecule has 110 valence electrons. The third-order valence-electron chi connectivity index (χ3n) is 3.33. The smallest absolute Gasteiger partial charge is 0.0628 e. The van der Waals surface area contributed by atoms with Crippen LogP contribution in [0.15, 0.2) is 0 Å². The molecule has 0 rings (SSSR count). The number of nitrogens with one attached hydrogen (secondary N) is 1. The molecule has 18 heavy (non-hydrogen) atoms. The van der Waals surface area contributed by atoms with Crippen LogP contribution in [0, 0.1) is 5.41 Å². The zero-order valence-corrected chi connectivity index (χ0v) is 13.6. The summed E-state index contributed by atoms with van der Waals surface area (Å²) in [6, 6.07) is 0. The molecule has 0 heterocycles. The number of hydrogen-bond donors (Lipinski definition) is 1. The molecule has 3 heteroatoms. The number of methoxy groups -OCH3 is 1. The van der Waals surface area contributed by atoms with Crippen LogP contribution in [0.1, 0.15) is 47.5 Å². The van der Waals surface area contributed by atoms with Crippen LogP contribution in [0.4, 0.5) is 0 Å². The quantitative estimate of drug-likeness (QED) is 0.652. The summed E-state index contributed by atoms with van der Waals surface area (Å²) in [7, 11) is 3.82. The summed E-state index contributed by atoms with van der Waals surface area (Å²) in [6.45, 7) is 15.8. The van der Waals surface area contributed by atoms with Crippen LogP contribution >= 0.6 is 0 Å². The lowest BCUT2D eigenvalue weighted by Crippen LogP contribution is -2.42. The Morgan fingerprint density at radius 3 is 2.17 bits per heavy atom. The Morgan fingerprint density at radius 2 is 1.72 bits per heavy atom. The molecule has 0 saturated carbocycles. The maximum absolute atomic E-state index is 5.57. The summed E-state index contributed by atoms with van der Waals surface area (Å²) < 4.78 is 5.57. The standard InChI is InChI=1S/C15H34N2O/c1-8-10-17(11-9-16-6)13-14(2,3)12-15(4,5)18-7/h16H,8-13H2,1-7H3. The summed E-state index contributed by atoms with van der Waals surface area (Å²) in [6.07, 6.45) is 2.30. The Kier molecular flexibility index (Phi) is 8.08. The van der Waals surface area contributed by atoms with Crippen molar-refractivity contribution >= 4 is 0 Å². The summed E-state index contributed by atoms with van der Waals surface area (Å²) >= 11 is 0. The van der Waals surface area contributed by atoms with Gasteiger partial charge in [-0.15, -0.1) is 0 Å². The van der Waals surface area contributed by atoms with E-state index < -0.39 is 0 Å². The molecular formula is C15H34N2O. The van der Waals surface area contributed by atoms with Gasteiger partial charge in [0, 0.05) is 26.7 Å². The molecule has 0 bridgehead atoms. The summed E-state index contributed by atoms with van der Waals surface area (Å²) in [5, 5.41) is 3.24. The molecule has 0 aliphatic rings. The zero-order chi connectivity index (χ0) is 14.2. The van der Waals surface area contributed by atoms with E-state index in [9.17, 15) is 0 Å². The molecule has 0 aromatic rings. The molecule has 0 saturated heterocycles. The van der Waals surface area contributed by atoms with Gasteiger partial charge in [-0.3, -0.25) is 0 Å². The van der Waals surface area contributed by atoms with Gasteiger partial charge in [0.15, 0.2) is 0 Å². The Balaban J connectivity index is 4.39. The van der Waals surface area contributed by atoms with Crippen molar-refractivity contribution in [2.24, 2.45) is 5.41 Å². The first kappa shape index (κ1) is 17.9. The highest BCUT2D eigenvalue weighted by atomic mass is 16.5. The molecule has 0 atom stereocenters. The number of rotatable bonds is 10. The monoisotopic (exact) mass is 258 g/mol. The molecule has 0 amide bonds. The Bertz CT molecular complexity index is 215. The van der Waals surface area contributed by atoms with Crippen LogP contribution < -0.4 is 5.32 Å². The van der Waals surface area contributed by atoms with E-state index in [0.717, 1.165) is 26.1 Å². The molecule has 0 fully saturated rings. The second kappa shape index (κ2) is 8.13. The van der Waals surface area contributed by atoms with Crippen molar-refractivity contribution in [3.05, 3.63) is 0 Å². The molecule has 0 spiro atoms. The third kappa shape index (κ3) is 8.06. The van der Waals surface area contributed by atoms with E-state index in [1.807, 2.05) is 7.05 Å². The van der Waals surface area contributed by atoms with Gasteiger partial charge in [0.05, 0.1) is 5.60 Å². The zero-order valence-electron chi connectivity index (χ0n) is 13.6. The highest BCUT2D eigenvalue weighted by molar-refractivity contribution is 4.82. The van der Waals surface area contributed by atoms with E-state index in [2.05, 4.69) is 44.8 Å². The van der Waals surface area contributed by atoms with Gasteiger partial charge in [-0.05, 0) is 45.7 Å². The highest BCUT2D eigenvalue weighted by Gasteiger charge is 2.30. The van der Waals surface area contributed by atoms with Crippen molar-refractivity contribution < 1.29 is 4.74 Å². The topological polar surface area (TPSA) is 24.5 Å². The lowest BCUT2D eigenvalue weighted by molar-refractivity contribution is -0.0201. The SMILES string of the molecule is CCCN(CCNC)CC(C)(C)CC(C)(C)OC. The van der Waals surface area contributed by atoms with Crippen LogP contribution in [-0.4, -0.2) is 50.8 Å². The molecular weight excluding hydrogens is 224 g/mol. The first-order chi connectivity index (χ1) is 8.26. The third-order valence-corrected chi connectivity index (χ3v) is 3.33. The van der Waals surface area contributed by atoms with E-state index in [0.29, 0.717) is 0 Å². The molecule has 3 nitrogen and oxygen atoms in total. The summed E-state index contributed by atoms with van der Waals surface area (Å²) in [5.74, 6) is 0. The van der Waals surface area contributed by atoms with E-state index in [4.69, 9.17) is 4.74 Å². The van der Waals surface area contributed by atoms with Crippen LogP contribution in [0.25, 0.3) is 0 Å². The van der Waals surface area contributed by atoms with Crippen LogP contribution in [0.5, 0.6) is 0 Å². The van der Waals surface area contributed by atoms with Gasteiger partial charge in [0.2, 0.25) is 0 Å². The lowest BCUT2D eigenvalue weighted by Gasteiger charge is -2.38. The summed E-state index contributed by atoms with van der Waals surface area (Å²) in [5.41, 5.74) is 0.243. The first-order valence-electron chi connectivity index (χ1n) is 7.18. The average Bonchev–Trinajstić information content (AvgIpc) is 2.24. The molecule has 1 N–H and O–H groups in total. The van der Waals surface area contributed by atoms with Crippen molar-refractivity contribution in [2.75, 3.05) is 40.3 Å². The van der Waals surface area contributed by atoms with Crippen molar-refractivity contribution in [2.45, 2.75) is 53.1 Å². The fourth-order valence-electron chi connectivity index (χ4n) is 2.74. The van der Waals surface area contributed by atoms with Crippen LogP contribution in [0.3, 0.4) is 0 Å². The van der Waals surface area contributed by atoms with Crippen molar-refractivity contribution in [1.29, 1.82) is 0 Å². The largest absolute Gasteiger partial charge is 0.379 e. The fourth-order valence-corrected chi connectivity index (χ4v) is 2.74. The number of hydrogen-bond acceptors (Lipinski definition) is 3. The fraction of sp³-hybridized carbons (Fsp3) is 1.00. The Labute approximate surface area is 114 Å². The molecule has 0 aromatic heterocycles. The van der Waals surface area contributed by atoms with Gasteiger partial charge in [-0.2, -0.15) is 0 Å². The maximum Gasteiger partial charge on any atom is 0.0628 e. The Hall–Kier alpha value is -0.120. The first-order valence-corrected chi connectivity index (χ1v) is 7.18. The van der Waals surface area contributed by atoms with E-state index >= 15 is 0 Å². The van der Waals surface area contributed by atoms with Gasteiger partial charge in [-0.25, -0.2) is 0 Å². The maximum atomic E-state index is 5.57. The van der Waals surface area contributed by atoms with Crippen molar-refractivity contribution in [3.8, 4) is 0 Å². The van der Waals surface area contributed by atoms with E-state index in [1.54, 1.807) is 7.11 Å². The minimum absolute atomic E-state index is 0.0373. The number of nitrogens with zero attached hydrogens (tertiary/aromatic N) is 1. The van der Waals surface area contributed by atoms with Gasteiger partial charge in [0.1, 0.15) is 0 Å².